The number of nitrogens with zero attached hydrogens (tertiary/aromatic N) is 1. The van der Waals surface area contributed by atoms with Crippen molar-refractivity contribution in [3.05, 3.63) is 64.7 Å². The molecule has 0 saturated carbocycles. The van der Waals surface area contributed by atoms with Gasteiger partial charge in [-0.25, -0.2) is 4.98 Å². The molecular weight excluding hydrogens is 372 g/mol. The molecule has 1 amide bonds. The van der Waals surface area contributed by atoms with Crippen LogP contribution in [0.4, 0.5) is 0 Å². The number of hydrogen-bond acceptors (Lipinski definition) is 5. The monoisotopic (exact) mass is 396 g/mol. The number of nitrogens with one attached hydrogen (secondary N) is 1. The zero-order valence-corrected chi connectivity index (χ0v) is 17.1. The van der Waals surface area contributed by atoms with Gasteiger partial charge in [0.1, 0.15) is 16.5 Å². The summed E-state index contributed by atoms with van der Waals surface area (Å²) < 4.78 is 10.6. The highest BCUT2D eigenvalue weighted by Gasteiger charge is 2.11. The molecule has 0 unspecified atom stereocenters. The maximum Gasteiger partial charge on any atom is 0.226 e. The second-order valence-electron chi connectivity index (χ2n) is 6.33. The van der Waals surface area contributed by atoms with Crippen LogP contribution >= 0.6 is 11.3 Å². The first-order valence-corrected chi connectivity index (χ1v) is 10.0. The highest BCUT2D eigenvalue weighted by atomic mass is 32.1. The molecule has 0 aliphatic rings. The quantitative estimate of drug-likeness (QED) is 0.618. The Morgan fingerprint density at radius 2 is 1.89 bits per heavy atom. The first kappa shape index (κ1) is 19.9. The molecule has 0 spiro atoms. The number of thiazole rings is 1. The van der Waals surface area contributed by atoms with E-state index < -0.39 is 0 Å². The molecule has 0 atom stereocenters. The molecular formula is C22H24N2O3S. The summed E-state index contributed by atoms with van der Waals surface area (Å²) in [5, 5.41) is 5.80. The first-order valence-electron chi connectivity index (χ1n) is 9.14. The zero-order chi connectivity index (χ0) is 19.9. The van der Waals surface area contributed by atoms with E-state index in [1.54, 1.807) is 25.6 Å². The third-order valence-electron chi connectivity index (χ3n) is 4.47. The van der Waals surface area contributed by atoms with Crippen molar-refractivity contribution < 1.29 is 14.3 Å². The molecule has 146 valence electrons. The highest BCUT2D eigenvalue weighted by Crippen LogP contribution is 2.25. The van der Waals surface area contributed by atoms with Crippen molar-refractivity contribution >= 4 is 17.2 Å². The van der Waals surface area contributed by atoms with Crippen molar-refractivity contribution in [2.24, 2.45) is 0 Å². The van der Waals surface area contributed by atoms with E-state index in [-0.39, 0.29) is 12.3 Å². The van der Waals surface area contributed by atoms with Crippen LogP contribution in [0.3, 0.4) is 0 Å². The van der Waals surface area contributed by atoms with Crippen molar-refractivity contribution in [1.82, 2.24) is 10.3 Å². The van der Waals surface area contributed by atoms with E-state index in [0.717, 1.165) is 34.0 Å². The van der Waals surface area contributed by atoms with Gasteiger partial charge in [-0.2, -0.15) is 0 Å². The summed E-state index contributed by atoms with van der Waals surface area (Å²) in [7, 11) is 3.22. The van der Waals surface area contributed by atoms with E-state index in [9.17, 15) is 4.79 Å². The summed E-state index contributed by atoms with van der Waals surface area (Å²) in [5.74, 6) is 1.36. The Labute approximate surface area is 169 Å². The molecule has 1 aromatic heterocycles. The fourth-order valence-electron chi connectivity index (χ4n) is 2.84. The maximum absolute atomic E-state index is 12.4. The van der Waals surface area contributed by atoms with Crippen LogP contribution in [0.2, 0.25) is 0 Å². The largest absolute Gasteiger partial charge is 0.497 e. The summed E-state index contributed by atoms with van der Waals surface area (Å²) in [6.07, 6.45) is 1.26. The lowest BCUT2D eigenvalue weighted by Gasteiger charge is -2.11. The van der Waals surface area contributed by atoms with E-state index in [1.807, 2.05) is 23.6 Å². The van der Waals surface area contributed by atoms with Crippen LogP contribution in [0.1, 0.15) is 23.7 Å². The Hall–Kier alpha value is -2.86. The number of carbonyl (C=O) groups excluding carboxylic acids is 1. The average Bonchev–Trinajstić information content (AvgIpc) is 3.20. The summed E-state index contributed by atoms with van der Waals surface area (Å²) in [6.45, 7) is 2.50. The first-order chi connectivity index (χ1) is 13.6. The van der Waals surface area contributed by atoms with Gasteiger partial charge in [-0.15, -0.1) is 11.3 Å². The second kappa shape index (κ2) is 9.37. The van der Waals surface area contributed by atoms with E-state index in [2.05, 4.69) is 41.5 Å². The van der Waals surface area contributed by atoms with Gasteiger partial charge in [-0.1, -0.05) is 31.2 Å². The summed E-state index contributed by atoms with van der Waals surface area (Å²) in [5.41, 5.74) is 4.02. The number of rotatable bonds is 8. The molecule has 1 N–H and O–H groups in total. The van der Waals surface area contributed by atoms with Gasteiger partial charge in [0.15, 0.2) is 0 Å². The standard InChI is InChI=1S/C22H24N2O3S/c1-4-15-5-7-16(8-6-15)22-24-18(14-28-22)12-21(25)23-13-17-11-19(26-2)9-10-20(17)27-3/h5-11,14H,4,12-13H2,1-3H3,(H,23,25). The van der Waals surface area contributed by atoms with Gasteiger partial charge in [0.05, 0.1) is 26.3 Å². The SMILES string of the molecule is CCc1ccc(-c2nc(CC(=O)NCc3cc(OC)ccc3OC)cs2)cc1. The van der Waals surface area contributed by atoms with E-state index in [4.69, 9.17) is 9.47 Å². The third kappa shape index (κ3) is 4.89. The number of benzene rings is 2. The number of aryl methyl sites for hydroxylation is 1. The molecule has 5 nitrogen and oxygen atoms in total. The molecule has 2 aromatic carbocycles. The normalized spacial score (nSPS) is 10.5. The van der Waals surface area contributed by atoms with Crippen molar-refractivity contribution in [1.29, 1.82) is 0 Å². The Kier molecular flexibility index (Phi) is 6.66. The van der Waals surface area contributed by atoms with Gasteiger partial charge in [-0.3, -0.25) is 4.79 Å². The topological polar surface area (TPSA) is 60.5 Å². The van der Waals surface area contributed by atoms with Crippen molar-refractivity contribution in [2.75, 3.05) is 14.2 Å². The number of hydrogen-bond donors (Lipinski definition) is 1. The van der Waals surface area contributed by atoms with Crippen LogP contribution in [0.25, 0.3) is 10.6 Å². The van der Waals surface area contributed by atoms with Crippen molar-refractivity contribution in [3.8, 4) is 22.1 Å². The molecule has 0 radical (unpaired) electrons. The highest BCUT2D eigenvalue weighted by molar-refractivity contribution is 7.13. The summed E-state index contributed by atoms with van der Waals surface area (Å²) in [4.78, 5) is 17.0. The summed E-state index contributed by atoms with van der Waals surface area (Å²) >= 11 is 1.56. The lowest BCUT2D eigenvalue weighted by Crippen LogP contribution is -2.25. The minimum absolute atomic E-state index is 0.0805. The number of carbonyl (C=O) groups is 1. The molecule has 3 rings (SSSR count). The van der Waals surface area contributed by atoms with Crippen LogP contribution in [0, 0.1) is 0 Å². The van der Waals surface area contributed by atoms with Crippen LogP contribution in [0.5, 0.6) is 11.5 Å². The van der Waals surface area contributed by atoms with E-state index in [1.165, 1.54) is 5.56 Å². The van der Waals surface area contributed by atoms with Crippen LogP contribution < -0.4 is 14.8 Å². The Morgan fingerprint density at radius 3 is 2.57 bits per heavy atom. The minimum Gasteiger partial charge on any atom is -0.497 e. The lowest BCUT2D eigenvalue weighted by atomic mass is 10.1. The van der Waals surface area contributed by atoms with E-state index >= 15 is 0 Å². The number of aromatic nitrogens is 1. The van der Waals surface area contributed by atoms with Crippen LogP contribution in [-0.4, -0.2) is 25.1 Å². The fraction of sp³-hybridized carbons (Fsp3) is 0.273. The molecule has 0 saturated heterocycles. The number of ether oxygens (including phenoxy) is 2. The molecule has 1 heterocycles. The molecule has 0 aliphatic heterocycles. The lowest BCUT2D eigenvalue weighted by molar-refractivity contribution is -0.120. The average molecular weight is 397 g/mol. The second-order valence-corrected chi connectivity index (χ2v) is 7.18. The third-order valence-corrected chi connectivity index (χ3v) is 5.41. The van der Waals surface area contributed by atoms with Crippen molar-refractivity contribution in [2.45, 2.75) is 26.3 Å². The smallest absolute Gasteiger partial charge is 0.226 e. The van der Waals surface area contributed by atoms with Crippen LogP contribution in [0.15, 0.2) is 47.8 Å². The minimum atomic E-state index is -0.0805. The van der Waals surface area contributed by atoms with Gasteiger partial charge in [-0.05, 0) is 30.2 Å². The van der Waals surface area contributed by atoms with Gasteiger partial charge < -0.3 is 14.8 Å². The predicted octanol–water partition coefficient (Wildman–Crippen LogP) is 4.25. The summed E-state index contributed by atoms with van der Waals surface area (Å²) in [6, 6.07) is 13.9. The maximum atomic E-state index is 12.4. The van der Waals surface area contributed by atoms with Crippen molar-refractivity contribution in [3.63, 3.8) is 0 Å². The molecule has 0 bridgehead atoms. The predicted molar refractivity (Wildman–Crippen MR) is 112 cm³/mol. The van der Waals surface area contributed by atoms with Crippen LogP contribution in [-0.2, 0) is 24.2 Å². The molecule has 3 aromatic rings. The Balaban J connectivity index is 1.60. The number of methoxy groups -OCH3 is 2. The zero-order valence-electron chi connectivity index (χ0n) is 16.3. The van der Waals surface area contributed by atoms with Gasteiger partial charge in [0, 0.05) is 23.1 Å². The molecule has 0 aliphatic carbocycles. The Morgan fingerprint density at radius 1 is 1.11 bits per heavy atom. The van der Waals surface area contributed by atoms with Gasteiger partial charge in [0.2, 0.25) is 5.91 Å². The molecule has 28 heavy (non-hydrogen) atoms. The number of amides is 1. The fourth-order valence-corrected chi connectivity index (χ4v) is 3.67. The van der Waals surface area contributed by atoms with Gasteiger partial charge in [0.25, 0.3) is 0 Å². The van der Waals surface area contributed by atoms with E-state index in [0.29, 0.717) is 12.3 Å². The van der Waals surface area contributed by atoms with Gasteiger partial charge >= 0.3 is 0 Å². The Bertz CT molecular complexity index is 935. The molecule has 0 fully saturated rings. The molecule has 6 heteroatoms.